The number of hydrogen-bond donors (Lipinski definition) is 0. The molecule has 0 spiro atoms. The third-order valence-corrected chi connectivity index (χ3v) is 2.43. The van der Waals surface area contributed by atoms with Crippen LogP contribution in [0, 0.1) is 10.1 Å². The first-order valence-electron chi connectivity index (χ1n) is 6.73. The molecule has 0 rings (SSSR count). The first-order valence-corrected chi connectivity index (χ1v) is 6.73. The molecular formula is C12H21NO7. The first-order chi connectivity index (χ1) is 9.56. The van der Waals surface area contributed by atoms with Crippen LogP contribution in [0.5, 0.6) is 0 Å². The summed E-state index contributed by atoms with van der Waals surface area (Å²) in [6.45, 7) is 2.02. The fourth-order valence-electron chi connectivity index (χ4n) is 1.38. The summed E-state index contributed by atoms with van der Waals surface area (Å²) in [4.78, 5) is 45.0. The minimum absolute atomic E-state index is 0.00839. The zero-order valence-corrected chi connectivity index (χ0v) is 11.7. The van der Waals surface area contributed by atoms with E-state index in [0.717, 1.165) is 12.8 Å². The lowest BCUT2D eigenvalue weighted by Gasteiger charge is -2.03. The molecule has 0 atom stereocenters. The average Bonchev–Trinajstić information content (AvgIpc) is 2.40. The second-order valence-electron chi connectivity index (χ2n) is 4.24. The number of hydrogen-bond acceptors (Lipinski definition) is 7. The Kier molecular flexibility index (Phi) is 11.1. The zero-order valence-electron chi connectivity index (χ0n) is 11.7. The van der Waals surface area contributed by atoms with Crippen LogP contribution in [0.2, 0.25) is 0 Å². The molecule has 0 bridgehead atoms. The summed E-state index contributed by atoms with van der Waals surface area (Å²) in [5, 5.41) is 8.99. The Morgan fingerprint density at radius 2 is 1.50 bits per heavy atom. The molecule has 8 nitrogen and oxygen atoms in total. The number of carbonyl (C=O) groups excluding carboxylic acids is 2. The fraction of sp³-hybridized carbons (Fsp3) is 0.833. The first kappa shape index (κ1) is 18.1. The highest BCUT2D eigenvalue weighted by Gasteiger charge is 2.09. The van der Waals surface area contributed by atoms with E-state index < -0.39 is 17.0 Å². The Balaban J connectivity index is 3.40. The molecule has 0 aliphatic heterocycles. The third kappa shape index (κ3) is 12.6. The third-order valence-electron chi connectivity index (χ3n) is 2.43. The monoisotopic (exact) mass is 291 g/mol. The molecule has 0 aromatic rings. The molecule has 0 N–H and O–H groups in total. The van der Waals surface area contributed by atoms with Crippen molar-refractivity contribution in [1.29, 1.82) is 0 Å². The van der Waals surface area contributed by atoms with Crippen molar-refractivity contribution in [2.75, 3.05) is 6.61 Å². The molecular weight excluding hydrogens is 270 g/mol. The van der Waals surface area contributed by atoms with E-state index >= 15 is 0 Å². The second-order valence-corrected chi connectivity index (χ2v) is 4.24. The summed E-state index contributed by atoms with van der Waals surface area (Å²) in [6.07, 6.45) is 4.53. The molecule has 0 unspecified atom stereocenters. The smallest absolute Gasteiger partial charge is 0.314 e. The van der Waals surface area contributed by atoms with Gasteiger partial charge in [-0.25, -0.2) is 19.4 Å². The van der Waals surface area contributed by atoms with E-state index in [1.165, 1.54) is 0 Å². The normalized spacial score (nSPS) is 9.85. The molecule has 0 amide bonds. The Morgan fingerprint density at radius 3 is 2.00 bits per heavy atom. The van der Waals surface area contributed by atoms with Crippen LogP contribution in [0.4, 0.5) is 0 Å². The van der Waals surface area contributed by atoms with Crippen LogP contribution in [0.3, 0.4) is 0 Å². The van der Waals surface area contributed by atoms with Crippen LogP contribution >= 0.6 is 0 Å². The fourth-order valence-corrected chi connectivity index (χ4v) is 1.38. The molecule has 0 aromatic carbocycles. The molecule has 0 saturated carbocycles. The highest BCUT2D eigenvalue weighted by atomic mass is 17.2. The highest BCUT2D eigenvalue weighted by molar-refractivity contribution is 5.72. The molecule has 0 aliphatic carbocycles. The molecule has 0 saturated heterocycles. The maximum Gasteiger partial charge on any atom is 0.355 e. The van der Waals surface area contributed by atoms with Crippen molar-refractivity contribution in [3.05, 3.63) is 10.1 Å². The Hall–Kier alpha value is -1.86. The standard InChI is InChI=1S/C12H21NO7/c1-2-3-5-8-11(14)19-20-12(15)9-6-4-7-10-18-13(16)17/h2-10H2,1H3. The predicted molar refractivity (Wildman–Crippen MR) is 67.7 cm³/mol. The maximum atomic E-state index is 11.2. The lowest BCUT2D eigenvalue weighted by molar-refractivity contribution is -0.757. The Bertz CT molecular complexity index is 306. The largest absolute Gasteiger partial charge is 0.355 e. The quantitative estimate of drug-likeness (QED) is 0.249. The van der Waals surface area contributed by atoms with Crippen molar-refractivity contribution >= 4 is 11.9 Å². The van der Waals surface area contributed by atoms with Gasteiger partial charge in [0.2, 0.25) is 0 Å². The highest BCUT2D eigenvalue weighted by Crippen LogP contribution is 2.04. The van der Waals surface area contributed by atoms with Gasteiger partial charge in [0.1, 0.15) is 0 Å². The van der Waals surface area contributed by atoms with E-state index in [4.69, 9.17) is 0 Å². The van der Waals surface area contributed by atoms with Gasteiger partial charge in [-0.2, -0.15) is 0 Å². The Morgan fingerprint density at radius 1 is 0.950 bits per heavy atom. The summed E-state index contributed by atoms with van der Waals surface area (Å²) < 4.78 is 0. The van der Waals surface area contributed by atoms with Gasteiger partial charge >= 0.3 is 11.9 Å². The van der Waals surface area contributed by atoms with Crippen LogP contribution < -0.4 is 0 Å². The van der Waals surface area contributed by atoms with E-state index in [2.05, 4.69) is 14.6 Å². The molecule has 20 heavy (non-hydrogen) atoms. The predicted octanol–water partition coefficient (Wildman–Crippen LogP) is 2.34. The van der Waals surface area contributed by atoms with Crippen LogP contribution in [0.15, 0.2) is 0 Å². The minimum Gasteiger partial charge on any atom is -0.314 e. The van der Waals surface area contributed by atoms with E-state index in [0.29, 0.717) is 25.7 Å². The number of rotatable bonds is 11. The van der Waals surface area contributed by atoms with E-state index in [-0.39, 0.29) is 19.4 Å². The van der Waals surface area contributed by atoms with Gasteiger partial charge in [-0.05, 0) is 19.3 Å². The minimum atomic E-state index is -0.855. The zero-order chi connectivity index (χ0) is 15.2. The molecule has 116 valence electrons. The molecule has 0 aromatic heterocycles. The van der Waals surface area contributed by atoms with Crippen LogP contribution in [-0.2, 0) is 24.2 Å². The molecule has 0 heterocycles. The number of nitrogens with zero attached hydrogens (tertiary/aromatic N) is 1. The van der Waals surface area contributed by atoms with Crippen LogP contribution in [0.25, 0.3) is 0 Å². The molecule has 8 heteroatoms. The van der Waals surface area contributed by atoms with Crippen molar-refractivity contribution in [1.82, 2.24) is 0 Å². The van der Waals surface area contributed by atoms with Gasteiger partial charge in [-0.1, -0.05) is 26.2 Å². The summed E-state index contributed by atoms with van der Waals surface area (Å²) >= 11 is 0. The Labute approximate surface area is 117 Å². The van der Waals surface area contributed by atoms with E-state index in [1.807, 2.05) is 6.92 Å². The van der Waals surface area contributed by atoms with Crippen molar-refractivity contribution in [2.24, 2.45) is 0 Å². The van der Waals surface area contributed by atoms with Crippen molar-refractivity contribution in [2.45, 2.75) is 58.3 Å². The van der Waals surface area contributed by atoms with Crippen molar-refractivity contribution in [3.8, 4) is 0 Å². The summed E-state index contributed by atoms with van der Waals surface area (Å²) in [5.74, 6) is -1.17. The van der Waals surface area contributed by atoms with Crippen molar-refractivity contribution in [3.63, 3.8) is 0 Å². The van der Waals surface area contributed by atoms with Gasteiger partial charge in [-0.3, -0.25) is 0 Å². The van der Waals surface area contributed by atoms with Crippen LogP contribution in [-0.4, -0.2) is 23.6 Å². The van der Waals surface area contributed by atoms with Gasteiger partial charge in [-0.15, -0.1) is 10.1 Å². The average molecular weight is 291 g/mol. The number of carbonyl (C=O) groups is 2. The molecule has 0 radical (unpaired) electrons. The van der Waals surface area contributed by atoms with E-state index in [9.17, 15) is 19.7 Å². The lowest BCUT2D eigenvalue weighted by atomic mass is 10.2. The SMILES string of the molecule is CCCCCC(=O)OOC(=O)CCCCCO[N+](=O)[O-]. The molecule has 0 fully saturated rings. The van der Waals surface area contributed by atoms with Gasteiger partial charge in [0, 0.05) is 0 Å². The summed E-state index contributed by atoms with van der Waals surface area (Å²) in [5.41, 5.74) is 0. The topological polar surface area (TPSA) is 105 Å². The van der Waals surface area contributed by atoms with Gasteiger partial charge in [0.15, 0.2) is 0 Å². The van der Waals surface area contributed by atoms with Gasteiger partial charge in [0.25, 0.3) is 5.09 Å². The molecule has 0 aliphatic rings. The van der Waals surface area contributed by atoms with Gasteiger partial charge < -0.3 is 4.84 Å². The lowest BCUT2D eigenvalue weighted by Crippen LogP contribution is -2.11. The summed E-state index contributed by atoms with van der Waals surface area (Å²) in [7, 11) is 0. The van der Waals surface area contributed by atoms with Gasteiger partial charge in [0.05, 0.1) is 19.4 Å². The van der Waals surface area contributed by atoms with Crippen LogP contribution in [0.1, 0.15) is 58.3 Å². The van der Waals surface area contributed by atoms with Crippen molar-refractivity contribution < 1.29 is 29.3 Å². The second kappa shape index (κ2) is 12.2. The maximum absolute atomic E-state index is 11.2. The summed E-state index contributed by atoms with van der Waals surface area (Å²) in [6, 6.07) is 0. The number of unbranched alkanes of at least 4 members (excludes halogenated alkanes) is 4. The van der Waals surface area contributed by atoms with E-state index in [1.54, 1.807) is 0 Å².